The molecule has 1 heterocycles. The molecule has 21 heavy (non-hydrogen) atoms. The summed E-state index contributed by atoms with van der Waals surface area (Å²) in [6, 6.07) is 8.30. The molecule has 0 atom stereocenters. The number of benzene rings is 1. The fraction of sp³-hybridized carbons (Fsp3) is 0.385. The van der Waals surface area contributed by atoms with E-state index in [0.29, 0.717) is 11.7 Å². The van der Waals surface area contributed by atoms with Gasteiger partial charge in [0.15, 0.2) is 0 Å². The lowest BCUT2D eigenvalue weighted by molar-refractivity contribution is 0.583. The highest BCUT2D eigenvalue weighted by atomic mass is 32.2. The Kier molecular flexibility index (Phi) is 5.27. The average molecular weight is 326 g/mol. The van der Waals surface area contributed by atoms with Crippen molar-refractivity contribution >= 4 is 26.7 Å². The van der Waals surface area contributed by atoms with Gasteiger partial charge in [-0.3, -0.25) is 0 Å². The summed E-state index contributed by atoms with van der Waals surface area (Å²) < 4.78 is 30.7. The van der Waals surface area contributed by atoms with Crippen molar-refractivity contribution in [3.8, 4) is 0 Å². The molecule has 2 aromatic rings. The third-order valence-electron chi connectivity index (χ3n) is 2.70. The molecule has 6 nitrogen and oxygen atoms in total. The van der Waals surface area contributed by atoms with Gasteiger partial charge in [-0.1, -0.05) is 32.0 Å². The smallest absolute Gasteiger partial charge is 0.240 e. The lowest BCUT2D eigenvalue weighted by Crippen LogP contribution is -2.28. The van der Waals surface area contributed by atoms with E-state index < -0.39 is 10.0 Å². The number of anilines is 1. The van der Waals surface area contributed by atoms with Crippen molar-refractivity contribution in [2.45, 2.75) is 24.7 Å². The van der Waals surface area contributed by atoms with E-state index in [1.54, 1.807) is 30.3 Å². The maximum Gasteiger partial charge on any atom is 0.240 e. The average Bonchev–Trinajstić information content (AvgIpc) is 2.94. The van der Waals surface area contributed by atoms with E-state index >= 15 is 0 Å². The molecule has 2 rings (SSSR count). The Balaban J connectivity index is 1.81. The maximum atomic E-state index is 12.0. The van der Waals surface area contributed by atoms with Crippen LogP contribution in [0, 0.1) is 0 Å². The van der Waals surface area contributed by atoms with E-state index in [9.17, 15) is 8.42 Å². The Labute approximate surface area is 128 Å². The van der Waals surface area contributed by atoms with Gasteiger partial charge in [-0.15, -0.1) is 0 Å². The Morgan fingerprint density at radius 1 is 1.19 bits per heavy atom. The van der Waals surface area contributed by atoms with E-state index in [0.717, 1.165) is 5.82 Å². The van der Waals surface area contributed by atoms with Crippen LogP contribution >= 0.6 is 11.5 Å². The standard InChI is InChI=1S/C13H18N4O2S2/c1-10(2)12-16-13(20-17-12)14-8-9-15-21(18,19)11-6-4-3-5-7-11/h3-7,10,15H,8-9H2,1-2H3,(H,14,16,17). The van der Waals surface area contributed by atoms with Gasteiger partial charge < -0.3 is 5.32 Å². The third-order valence-corrected chi connectivity index (χ3v) is 4.87. The molecular formula is C13H18N4O2S2. The van der Waals surface area contributed by atoms with Crippen LogP contribution in [0.4, 0.5) is 5.13 Å². The van der Waals surface area contributed by atoms with E-state index in [1.165, 1.54) is 11.5 Å². The van der Waals surface area contributed by atoms with Crippen molar-refractivity contribution in [2.24, 2.45) is 0 Å². The normalized spacial score (nSPS) is 11.8. The molecular weight excluding hydrogens is 308 g/mol. The van der Waals surface area contributed by atoms with Gasteiger partial charge in [0.1, 0.15) is 5.82 Å². The van der Waals surface area contributed by atoms with Gasteiger partial charge in [0.05, 0.1) is 4.90 Å². The second kappa shape index (κ2) is 6.97. The largest absolute Gasteiger partial charge is 0.359 e. The second-order valence-corrected chi connectivity index (χ2v) is 7.27. The third kappa shape index (κ3) is 4.48. The first-order valence-electron chi connectivity index (χ1n) is 6.61. The predicted octanol–water partition coefficient (Wildman–Crippen LogP) is 2.05. The highest BCUT2D eigenvalue weighted by Gasteiger charge is 2.12. The molecule has 1 aromatic heterocycles. The van der Waals surface area contributed by atoms with Crippen molar-refractivity contribution in [3.63, 3.8) is 0 Å². The molecule has 0 aliphatic rings. The lowest BCUT2D eigenvalue weighted by atomic mass is 10.2. The van der Waals surface area contributed by atoms with E-state index in [4.69, 9.17) is 0 Å². The predicted molar refractivity (Wildman–Crippen MR) is 84.1 cm³/mol. The van der Waals surface area contributed by atoms with Crippen molar-refractivity contribution in [1.82, 2.24) is 14.1 Å². The van der Waals surface area contributed by atoms with Crippen LogP contribution in [-0.2, 0) is 10.0 Å². The van der Waals surface area contributed by atoms with Gasteiger partial charge in [-0.05, 0) is 12.1 Å². The summed E-state index contributed by atoms with van der Waals surface area (Å²) in [5, 5.41) is 3.77. The maximum absolute atomic E-state index is 12.0. The van der Waals surface area contributed by atoms with E-state index in [-0.39, 0.29) is 17.4 Å². The van der Waals surface area contributed by atoms with Crippen LogP contribution in [0.1, 0.15) is 25.6 Å². The van der Waals surface area contributed by atoms with Crippen LogP contribution in [0.25, 0.3) is 0 Å². The first-order chi connectivity index (χ1) is 9.99. The van der Waals surface area contributed by atoms with Crippen LogP contribution in [0.15, 0.2) is 35.2 Å². The fourth-order valence-electron chi connectivity index (χ4n) is 1.58. The van der Waals surface area contributed by atoms with Gasteiger partial charge in [-0.25, -0.2) is 18.1 Å². The minimum absolute atomic E-state index is 0.267. The summed E-state index contributed by atoms with van der Waals surface area (Å²) in [4.78, 5) is 4.59. The number of hydrogen-bond acceptors (Lipinski definition) is 6. The van der Waals surface area contributed by atoms with E-state index in [1.807, 2.05) is 13.8 Å². The highest BCUT2D eigenvalue weighted by Crippen LogP contribution is 2.16. The fourth-order valence-corrected chi connectivity index (χ4v) is 3.36. The minimum Gasteiger partial charge on any atom is -0.359 e. The Morgan fingerprint density at radius 2 is 1.90 bits per heavy atom. The van der Waals surface area contributed by atoms with Gasteiger partial charge in [-0.2, -0.15) is 4.37 Å². The first kappa shape index (κ1) is 15.9. The van der Waals surface area contributed by atoms with Crippen LogP contribution in [0.5, 0.6) is 0 Å². The topological polar surface area (TPSA) is 84.0 Å². The molecule has 0 radical (unpaired) electrons. The SMILES string of the molecule is CC(C)c1nsc(NCCNS(=O)(=O)c2ccccc2)n1. The monoisotopic (exact) mass is 326 g/mol. The van der Waals surface area contributed by atoms with Crippen molar-refractivity contribution in [3.05, 3.63) is 36.2 Å². The molecule has 0 aliphatic carbocycles. The molecule has 1 aromatic carbocycles. The molecule has 2 N–H and O–H groups in total. The van der Waals surface area contributed by atoms with Crippen LogP contribution in [0.3, 0.4) is 0 Å². The molecule has 0 saturated carbocycles. The molecule has 0 fully saturated rings. The van der Waals surface area contributed by atoms with Crippen LogP contribution in [0.2, 0.25) is 0 Å². The van der Waals surface area contributed by atoms with Crippen molar-refractivity contribution < 1.29 is 8.42 Å². The van der Waals surface area contributed by atoms with Crippen molar-refractivity contribution in [2.75, 3.05) is 18.4 Å². The molecule has 0 aliphatic heterocycles. The van der Waals surface area contributed by atoms with Crippen LogP contribution in [-0.4, -0.2) is 30.9 Å². The minimum atomic E-state index is -3.45. The Morgan fingerprint density at radius 3 is 2.52 bits per heavy atom. The van der Waals surface area contributed by atoms with Crippen molar-refractivity contribution in [1.29, 1.82) is 0 Å². The zero-order valence-electron chi connectivity index (χ0n) is 11.9. The zero-order chi connectivity index (χ0) is 15.3. The quantitative estimate of drug-likeness (QED) is 0.761. The molecule has 0 bridgehead atoms. The zero-order valence-corrected chi connectivity index (χ0v) is 13.5. The van der Waals surface area contributed by atoms with Gasteiger partial charge in [0, 0.05) is 30.5 Å². The number of rotatable bonds is 7. The number of nitrogens with one attached hydrogen (secondary N) is 2. The van der Waals surface area contributed by atoms with Gasteiger partial charge in [0.25, 0.3) is 0 Å². The second-order valence-electron chi connectivity index (χ2n) is 4.75. The van der Waals surface area contributed by atoms with Crippen LogP contribution < -0.4 is 10.0 Å². The number of hydrogen-bond donors (Lipinski definition) is 2. The Hall–Kier alpha value is -1.51. The Bertz CT molecular complexity index is 668. The summed E-state index contributed by atoms with van der Waals surface area (Å²) in [6.07, 6.45) is 0. The summed E-state index contributed by atoms with van der Waals surface area (Å²) in [7, 11) is -3.45. The lowest BCUT2D eigenvalue weighted by Gasteiger charge is -2.06. The first-order valence-corrected chi connectivity index (χ1v) is 8.87. The summed E-state index contributed by atoms with van der Waals surface area (Å²) >= 11 is 1.28. The summed E-state index contributed by atoms with van der Waals surface area (Å²) in [6.45, 7) is 4.80. The van der Waals surface area contributed by atoms with Gasteiger partial charge in [0.2, 0.25) is 15.2 Å². The molecule has 0 saturated heterocycles. The van der Waals surface area contributed by atoms with Gasteiger partial charge >= 0.3 is 0 Å². The molecule has 0 unspecified atom stereocenters. The van der Waals surface area contributed by atoms with E-state index in [2.05, 4.69) is 19.4 Å². The molecule has 114 valence electrons. The summed E-state index contributed by atoms with van der Waals surface area (Å²) in [5.41, 5.74) is 0. The number of sulfonamides is 1. The number of nitrogens with zero attached hydrogens (tertiary/aromatic N) is 2. The molecule has 8 heteroatoms. The summed E-state index contributed by atoms with van der Waals surface area (Å²) in [5.74, 6) is 1.08. The highest BCUT2D eigenvalue weighted by molar-refractivity contribution is 7.89. The molecule has 0 amide bonds. The molecule has 0 spiro atoms. The number of aromatic nitrogens is 2.